The molecule has 0 aliphatic carbocycles. The molecule has 0 aliphatic rings. The highest BCUT2D eigenvalue weighted by molar-refractivity contribution is 6.63. The van der Waals surface area contributed by atoms with Crippen molar-refractivity contribution in [2.45, 2.75) is 18.6 Å². The van der Waals surface area contributed by atoms with Crippen LogP contribution in [0.3, 0.4) is 0 Å². The van der Waals surface area contributed by atoms with E-state index >= 15 is 0 Å². The monoisotopic (exact) mass is 444 g/mol. The molecule has 0 bridgehead atoms. The number of aliphatic hydroxyl groups is 1. The van der Waals surface area contributed by atoms with Gasteiger partial charge >= 0.3 is 11.9 Å². The number of aliphatic hydroxyl groups excluding tert-OH is 1. The maximum Gasteiger partial charge on any atom is 0.338 e. The minimum Gasteiger partial charge on any atom is -0.459 e. The number of carbonyl (C=O) groups excluding carboxylic acids is 3. The molecular formula is C19H15Cl3O6. The minimum atomic E-state index is -1.46. The lowest BCUT2D eigenvalue weighted by molar-refractivity contribution is -0.116. The molecule has 2 atom stereocenters. The Kier molecular flexibility index (Phi) is 8.26. The summed E-state index contributed by atoms with van der Waals surface area (Å²) in [4.78, 5) is 35.4. The summed E-state index contributed by atoms with van der Waals surface area (Å²) >= 11 is 16.9. The fourth-order valence-corrected chi connectivity index (χ4v) is 2.55. The van der Waals surface area contributed by atoms with Gasteiger partial charge in [-0.15, -0.1) is 0 Å². The van der Waals surface area contributed by atoms with Crippen LogP contribution in [-0.2, 0) is 14.3 Å². The third kappa shape index (κ3) is 6.80. The van der Waals surface area contributed by atoms with Crippen LogP contribution in [-0.4, -0.2) is 41.1 Å². The summed E-state index contributed by atoms with van der Waals surface area (Å²) in [6, 6.07) is 11.8. The molecular weight excluding hydrogens is 431 g/mol. The van der Waals surface area contributed by atoms with Gasteiger partial charge in [0.1, 0.15) is 18.8 Å². The second kappa shape index (κ2) is 10.4. The Labute approximate surface area is 175 Å². The Morgan fingerprint density at radius 3 is 1.79 bits per heavy atom. The van der Waals surface area contributed by atoms with E-state index in [0.29, 0.717) is 10.0 Å². The summed E-state index contributed by atoms with van der Waals surface area (Å²) in [7, 11) is 0. The number of rotatable bonds is 8. The van der Waals surface area contributed by atoms with Crippen molar-refractivity contribution >= 4 is 52.0 Å². The highest BCUT2D eigenvalue weighted by atomic mass is 35.5. The van der Waals surface area contributed by atoms with Gasteiger partial charge in [-0.05, 0) is 60.1 Å². The fourth-order valence-electron chi connectivity index (χ4n) is 2.14. The first-order chi connectivity index (χ1) is 13.3. The number of hydrogen-bond acceptors (Lipinski definition) is 6. The second-order valence-corrected chi connectivity index (χ2v) is 6.98. The first-order valence-electron chi connectivity index (χ1n) is 8.02. The molecule has 0 amide bonds. The molecule has 0 radical (unpaired) electrons. The van der Waals surface area contributed by atoms with Crippen LogP contribution in [0.4, 0.5) is 0 Å². The molecule has 2 aromatic carbocycles. The molecule has 148 valence electrons. The van der Waals surface area contributed by atoms with Crippen LogP contribution in [0, 0.1) is 0 Å². The van der Waals surface area contributed by atoms with Gasteiger partial charge in [0.25, 0.3) is 0 Å². The zero-order valence-electron chi connectivity index (χ0n) is 14.3. The van der Waals surface area contributed by atoms with Crippen molar-refractivity contribution in [3.8, 4) is 0 Å². The van der Waals surface area contributed by atoms with Gasteiger partial charge in [-0.1, -0.05) is 23.2 Å². The Hall–Kier alpha value is -2.12. The van der Waals surface area contributed by atoms with E-state index in [4.69, 9.17) is 44.3 Å². The summed E-state index contributed by atoms with van der Waals surface area (Å²) in [6.45, 7) is -0.510. The van der Waals surface area contributed by atoms with Crippen molar-refractivity contribution in [3.05, 3.63) is 69.7 Å². The molecule has 28 heavy (non-hydrogen) atoms. The van der Waals surface area contributed by atoms with E-state index in [1.54, 1.807) is 0 Å². The quantitative estimate of drug-likeness (QED) is 0.490. The topological polar surface area (TPSA) is 89.9 Å². The summed E-state index contributed by atoms with van der Waals surface area (Å²) < 4.78 is 10.2. The molecule has 0 unspecified atom stereocenters. The van der Waals surface area contributed by atoms with Crippen molar-refractivity contribution in [1.82, 2.24) is 0 Å². The molecule has 0 spiro atoms. The van der Waals surface area contributed by atoms with Crippen LogP contribution in [0.2, 0.25) is 10.0 Å². The third-order valence-electron chi connectivity index (χ3n) is 3.59. The standard InChI is InChI=1S/C19H15Cl3O6/c20-13-5-1-11(2-6-13)18(25)27-10-15(23)16(9-17(22)24)28-19(26)12-3-7-14(21)8-4-12/h1-8,15-16,23H,9-10H2/t15-,16+/m1/s1. The van der Waals surface area contributed by atoms with E-state index in [9.17, 15) is 19.5 Å². The number of halogens is 3. The van der Waals surface area contributed by atoms with Crippen LogP contribution < -0.4 is 0 Å². The Morgan fingerprint density at radius 1 is 0.857 bits per heavy atom. The van der Waals surface area contributed by atoms with Crippen LogP contribution in [0.5, 0.6) is 0 Å². The van der Waals surface area contributed by atoms with E-state index in [2.05, 4.69) is 0 Å². The first kappa shape index (κ1) is 22.2. The smallest absolute Gasteiger partial charge is 0.338 e. The lowest BCUT2D eigenvalue weighted by Crippen LogP contribution is -2.36. The number of ether oxygens (including phenoxy) is 2. The normalized spacial score (nSPS) is 12.7. The van der Waals surface area contributed by atoms with Gasteiger partial charge in [0.05, 0.1) is 17.5 Å². The predicted octanol–water partition coefficient (Wildman–Crippen LogP) is 3.89. The summed E-state index contributed by atoms with van der Waals surface area (Å²) in [5, 5.41) is 10.3. The third-order valence-corrected chi connectivity index (χ3v) is 4.25. The van der Waals surface area contributed by atoms with E-state index < -0.39 is 42.4 Å². The number of carbonyl (C=O) groups is 3. The van der Waals surface area contributed by atoms with Gasteiger partial charge < -0.3 is 14.6 Å². The van der Waals surface area contributed by atoms with Gasteiger partial charge in [-0.3, -0.25) is 4.79 Å². The van der Waals surface area contributed by atoms with E-state index in [0.717, 1.165) is 0 Å². The SMILES string of the molecule is O=C(Cl)C[C@H](OC(=O)c1ccc(Cl)cc1)[C@H](O)COC(=O)c1ccc(Cl)cc1. The molecule has 0 heterocycles. The molecule has 1 N–H and O–H groups in total. The van der Waals surface area contributed by atoms with Crippen molar-refractivity contribution in [2.75, 3.05) is 6.61 Å². The zero-order chi connectivity index (χ0) is 20.7. The first-order valence-corrected chi connectivity index (χ1v) is 9.15. The van der Waals surface area contributed by atoms with E-state index in [1.807, 2.05) is 0 Å². The molecule has 9 heteroatoms. The average molecular weight is 446 g/mol. The van der Waals surface area contributed by atoms with Crippen LogP contribution in [0.1, 0.15) is 27.1 Å². The maximum absolute atomic E-state index is 12.2. The largest absolute Gasteiger partial charge is 0.459 e. The van der Waals surface area contributed by atoms with Gasteiger partial charge in [-0.2, -0.15) is 0 Å². The molecule has 2 aromatic rings. The molecule has 2 rings (SSSR count). The lowest BCUT2D eigenvalue weighted by Gasteiger charge is -2.22. The van der Waals surface area contributed by atoms with Gasteiger partial charge in [0, 0.05) is 10.0 Å². The van der Waals surface area contributed by atoms with Crippen LogP contribution >= 0.6 is 34.8 Å². The maximum atomic E-state index is 12.2. The van der Waals surface area contributed by atoms with Crippen molar-refractivity contribution in [1.29, 1.82) is 0 Å². The summed E-state index contributed by atoms with van der Waals surface area (Å²) in [5.74, 6) is -1.50. The molecule has 0 saturated heterocycles. The average Bonchev–Trinajstić information content (AvgIpc) is 2.66. The molecule has 6 nitrogen and oxygen atoms in total. The van der Waals surface area contributed by atoms with E-state index in [-0.39, 0.29) is 11.1 Å². The van der Waals surface area contributed by atoms with Gasteiger partial charge in [0.15, 0.2) is 0 Å². The Balaban J connectivity index is 1.99. The number of benzene rings is 2. The lowest BCUT2D eigenvalue weighted by atomic mass is 10.1. The van der Waals surface area contributed by atoms with Crippen LogP contribution in [0.15, 0.2) is 48.5 Å². The molecule has 0 fully saturated rings. The minimum absolute atomic E-state index is 0.168. The summed E-state index contributed by atoms with van der Waals surface area (Å²) in [5.41, 5.74) is 0.390. The van der Waals surface area contributed by atoms with Gasteiger partial charge in [-0.25, -0.2) is 9.59 Å². The van der Waals surface area contributed by atoms with Crippen molar-refractivity contribution in [3.63, 3.8) is 0 Å². The van der Waals surface area contributed by atoms with Crippen molar-refractivity contribution < 1.29 is 29.0 Å². The highest BCUT2D eigenvalue weighted by Crippen LogP contribution is 2.16. The highest BCUT2D eigenvalue weighted by Gasteiger charge is 2.27. The second-order valence-electron chi connectivity index (χ2n) is 5.68. The molecule has 0 aromatic heterocycles. The molecule has 0 saturated carbocycles. The Bertz CT molecular complexity index is 836. The predicted molar refractivity (Wildman–Crippen MR) is 104 cm³/mol. The van der Waals surface area contributed by atoms with Crippen LogP contribution in [0.25, 0.3) is 0 Å². The van der Waals surface area contributed by atoms with Crippen molar-refractivity contribution in [2.24, 2.45) is 0 Å². The fraction of sp³-hybridized carbons (Fsp3) is 0.211. The Morgan fingerprint density at radius 2 is 1.32 bits per heavy atom. The summed E-state index contributed by atoms with van der Waals surface area (Å²) in [6.07, 6.45) is -3.22. The zero-order valence-corrected chi connectivity index (χ0v) is 16.6. The van der Waals surface area contributed by atoms with Gasteiger partial charge in [0.2, 0.25) is 5.24 Å². The number of esters is 2. The molecule has 0 aliphatic heterocycles. The van der Waals surface area contributed by atoms with E-state index in [1.165, 1.54) is 48.5 Å². The number of hydrogen-bond donors (Lipinski definition) is 1.